The van der Waals surface area contributed by atoms with Gasteiger partial charge in [0.2, 0.25) is 0 Å². The molecule has 7 nitrogen and oxygen atoms in total. The molecule has 1 aromatic carbocycles. The molecule has 7 heteroatoms. The Bertz CT molecular complexity index is 1030. The first kappa shape index (κ1) is 19.7. The minimum atomic E-state index is -0.920. The molecule has 28 heavy (non-hydrogen) atoms. The third kappa shape index (κ3) is 3.93. The molecule has 3 aromatic rings. The van der Waals surface area contributed by atoms with Gasteiger partial charge in [0.05, 0.1) is 29.8 Å². The molecule has 2 heterocycles. The number of benzene rings is 1. The van der Waals surface area contributed by atoms with Crippen LogP contribution in [0.15, 0.2) is 28.9 Å². The van der Waals surface area contributed by atoms with Gasteiger partial charge >= 0.3 is 5.97 Å². The largest absolute Gasteiger partial charge is 0.464 e. The Morgan fingerprint density at radius 2 is 2.07 bits per heavy atom. The molecule has 0 saturated heterocycles. The highest BCUT2D eigenvalue weighted by Gasteiger charge is 2.22. The standard InChI is InChI=1S/C21H25N3O4/c1-6-15-7-8-17-16(11-27-18(17)9-15)10-19(25)28-14(4)21(26)22-20-12(2)23-24(5)13(20)3/h7-9,11,14H,6,10H2,1-5H3,(H,22,26)/t14-/m0/s1. The molecule has 0 radical (unpaired) electrons. The minimum Gasteiger partial charge on any atom is -0.464 e. The normalized spacial score (nSPS) is 12.2. The zero-order chi connectivity index (χ0) is 20.4. The van der Waals surface area contributed by atoms with Crippen LogP contribution in [0.5, 0.6) is 0 Å². The third-order valence-corrected chi connectivity index (χ3v) is 4.90. The van der Waals surface area contributed by atoms with Crippen LogP contribution < -0.4 is 5.32 Å². The number of nitrogens with zero attached hydrogens (tertiary/aromatic N) is 2. The number of anilines is 1. The Hall–Kier alpha value is -3.09. The maximum Gasteiger partial charge on any atom is 0.311 e. The van der Waals surface area contributed by atoms with Crippen molar-refractivity contribution >= 4 is 28.5 Å². The maximum atomic E-state index is 12.4. The van der Waals surface area contributed by atoms with Crippen LogP contribution in [0.25, 0.3) is 11.0 Å². The van der Waals surface area contributed by atoms with E-state index in [0.717, 1.165) is 28.6 Å². The zero-order valence-electron chi connectivity index (χ0n) is 16.8. The Morgan fingerprint density at radius 1 is 1.32 bits per heavy atom. The number of carbonyl (C=O) groups excluding carboxylic acids is 2. The van der Waals surface area contributed by atoms with E-state index in [4.69, 9.17) is 9.15 Å². The van der Waals surface area contributed by atoms with Gasteiger partial charge in [0.1, 0.15) is 5.58 Å². The summed E-state index contributed by atoms with van der Waals surface area (Å²) in [5.74, 6) is -0.873. The molecule has 0 fully saturated rings. The van der Waals surface area contributed by atoms with E-state index in [2.05, 4.69) is 17.3 Å². The Morgan fingerprint density at radius 3 is 2.71 bits per heavy atom. The van der Waals surface area contributed by atoms with Crippen molar-refractivity contribution in [1.29, 1.82) is 0 Å². The number of ether oxygens (including phenoxy) is 1. The van der Waals surface area contributed by atoms with Crippen molar-refractivity contribution in [1.82, 2.24) is 9.78 Å². The predicted molar refractivity (Wildman–Crippen MR) is 106 cm³/mol. The number of rotatable bonds is 6. The molecule has 0 aliphatic heterocycles. The van der Waals surface area contributed by atoms with Crippen molar-refractivity contribution in [3.8, 4) is 0 Å². The van der Waals surface area contributed by atoms with Gasteiger partial charge in [0.25, 0.3) is 5.91 Å². The summed E-state index contributed by atoms with van der Waals surface area (Å²) in [7, 11) is 1.81. The number of amides is 1. The Labute approximate surface area is 163 Å². The molecule has 1 N–H and O–H groups in total. The highest BCUT2D eigenvalue weighted by molar-refractivity contribution is 5.96. The first-order chi connectivity index (χ1) is 13.3. The van der Waals surface area contributed by atoms with Gasteiger partial charge in [-0.15, -0.1) is 0 Å². The molecule has 0 aliphatic rings. The Kier molecular flexibility index (Phi) is 5.53. The summed E-state index contributed by atoms with van der Waals surface area (Å²) >= 11 is 0. The average molecular weight is 383 g/mol. The van der Waals surface area contributed by atoms with Crippen molar-refractivity contribution in [2.24, 2.45) is 7.05 Å². The summed E-state index contributed by atoms with van der Waals surface area (Å²) in [6, 6.07) is 5.94. The van der Waals surface area contributed by atoms with Gasteiger partial charge in [-0.2, -0.15) is 5.10 Å². The molecule has 2 aromatic heterocycles. The number of fused-ring (bicyclic) bond motifs is 1. The topological polar surface area (TPSA) is 86.4 Å². The number of hydrogen-bond donors (Lipinski definition) is 1. The number of esters is 1. The fourth-order valence-electron chi connectivity index (χ4n) is 3.11. The molecule has 0 saturated carbocycles. The molecule has 0 spiro atoms. The molecule has 0 aliphatic carbocycles. The lowest BCUT2D eigenvalue weighted by atomic mass is 10.1. The van der Waals surface area contributed by atoms with Gasteiger partial charge in [-0.25, -0.2) is 0 Å². The Balaban J connectivity index is 1.63. The molecular weight excluding hydrogens is 358 g/mol. The number of nitrogens with one attached hydrogen (secondary N) is 1. The fourth-order valence-corrected chi connectivity index (χ4v) is 3.11. The second-order valence-electron chi connectivity index (χ2n) is 6.91. The van der Waals surface area contributed by atoms with Gasteiger partial charge in [-0.3, -0.25) is 14.3 Å². The molecule has 1 atom stereocenters. The van der Waals surface area contributed by atoms with E-state index in [-0.39, 0.29) is 6.42 Å². The third-order valence-electron chi connectivity index (χ3n) is 4.90. The van der Waals surface area contributed by atoms with Crippen molar-refractivity contribution < 1.29 is 18.7 Å². The van der Waals surface area contributed by atoms with Crippen molar-refractivity contribution in [3.63, 3.8) is 0 Å². The van der Waals surface area contributed by atoms with E-state index >= 15 is 0 Å². The monoisotopic (exact) mass is 383 g/mol. The quantitative estimate of drug-likeness (QED) is 0.659. The number of hydrogen-bond acceptors (Lipinski definition) is 5. The van der Waals surface area contributed by atoms with E-state index < -0.39 is 18.0 Å². The highest BCUT2D eigenvalue weighted by atomic mass is 16.5. The molecule has 3 rings (SSSR count). The zero-order valence-corrected chi connectivity index (χ0v) is 16.8. The first-order valence-electron chi connectivity index (χ1n) is 9.29. The van der Waals surface area contributed by atoms with E-state index in [0.29, 0.717) is 11.4 Å². The van der Waals surface area contributed by atoms with Crippen molar-refractivity contribution in [2.75, 3.05) is 5.32 Å². The summed E-state index contributed by atoms with van der Waals surface area (Å²) in [5.41, 5.74) is 4.85. The molecule has 1 amide bonds. The second-order valence-corrected chi connectivity index (χ2v) is 6.91. The average Bonchev–Trinajstić information content (AvgIpc) is 3.16. The lowest BCUT2D eigenvalue weighted by Crippen LogP contribution is -2.30. The summed E-state index contributed by atoms with van der Waals surface area (Å²) < 4.78 is 12.6. The van der Waals surface area contributed by atoms with Crippen LogP contribution in [-0.2, 0) is 34.2 Å². The lowest BCUT2D eigenvalue weighted by Gasteiger charge is -2.13. The molecule has 148 valence electrons. The fraction of sp³-hybridized carbons (Fsp3) is 0.381. The van der Waals surface area contributed by atoms with Crippen LogP contribution >= 0.6 is 0 Å². The van der Waals surface area contributed by atoms with E-state index in [1.54, 1.807) is 24.9 Å². The lowest BCUT2D eigenvalue weighted by molar-refractivity contribution is -0.152. The molecule has 0 bridgehead atoms. The molecular formula is C21H25N3O4. The second kappa shape index (κ2) is 7.88. The van der Waals surface area contributed by atoms with Crippen molar-refractivity contribution in [2.45, 2.75) is 46.6 Å². The van der Waals surface area contributed by atoms with Gasteiger partial charge in [0.15, 0.2) is 6.10 Å². The van der Waals surface area contributed by atoms with Gasteiger partial charge in [-0.1, -0.05) is 19.1 Å². The van der Waals surface area contributed by atoms with E-state index in [1.807, 2.05) is 32.0 Å². The van der Waals surface area contributed by atoms with Crippen LogP contribution in [0.1, 0.15) is 36.4 Å². The van der Waals surface area contributed by atoms with Gasteiger partial charge < -0.3 is 14.5 Å². The number of carbonyl (C=O) groups is 2. The van der Waals surface area contributed by atoms with Crippen LogP contribution in [0.3, 0.4) is 0 Å². The van der Waals surface area contributed by atoms with Crippen LogP contribution in [-0.4, -0.2) is 27.8 Å². The summed E-state index contributed by atoms with van der Waals surface area (Å²) in [5, 5.41) is 7.93. The summed E-state index contributed by atoms with van der Waals surface area (Å²) in [4.78, 5) is 24.7. The van der Waals surface area contributed by atoms with Crippen LogP contribution in [0.2, 0.25) is 0 Å². The number of aryl methyl sites for hydroxylation is 3. The highest BCUT2D eigenvalue weighted by Crippen LogP contribution is 2.24. The van der Waals surface area contributed by atoms with Crippen molar-refractivity contribution in [3.05, 3.63) is 47.0 Å². The van der Waals surface area contributed by atoms with E-state index in [1.165, 1.54) is 5.56 Å². The van der Waals surface area contributed by atoms with Crippen LogP contribution in [0.4, 0.5) is 5.69 Å². The van der Waals surface area contributed by atoms with Gasteiger partial charge in [-0.05, 0) is 38.8 Å². The number of aromatic nitrogens is 2. The SMILES string of the molecule is CCc1ccc2c(CC(=O)O[C@@H](C)C(=O)Nc3c(C)nn(C)c3C)coc2c1. The first-order valence-corrected chi connectivity index (χ1v) is 9.29. The van der Waals surface area contributed by atoms with E-state index in [9.17, 15) is 9.59 Å². The van der Waals surface area contributed by atoms with Crippen LogP contribution in [0, 0.1) is 13.8 Å². The minimum absolute atomic E-state index is 0.0427. The summed E-state index contributed by atoms with van der Waals surface area (Å²) in [6.45, 7) is 7.30. The molecule has 0 unspecified atom stereocenters. The smallest absolute Gasteiger partial charge is 0.311 e. The maximum absolute atomic E-state index is 12.4. The van der Waals surface area contributed by atoms with Gasteiger partial charge in [0, 0.05) is 18.0 Å². The summed E-state index contributed by atoms with van der Waals surface area (Å²) in [6.07, 6.45) is 1.60. The number of furan rings is 1. The predicted octanol–water partition coefficient (Wildman–Crippen LogP) is 3.46.